The van der Waals surface area contributed by atoms with Gasteiger partial charge in [-0.3, -0.25) is 0 Å². The van der Waals surface area contributed by atoms with Crippen LogP contribution in [0.4, 0.5) is 0 Å². The van der Waals surface area contributed by atoms with Crippen LogP contribution in [0.15, 0.2) is 79.4 Å². The summed E-state index contributed by atoms with van der Waals surface area (Å²) in [5.74, 6) is 0. The van der Waals surface area contributed by atoms with Crippen molar-refractivity contribution in [2.45, 2.75) is 43.6 Å². The van der Waals surface area contributed by atoms with E-state index >= 15 is 0 Å². The van der Waals surface area contributed by atoms with Crippen LogP contribution in [0.1, 0.15) is 51.3 Å². The van der Waals surface area contributed by atoms with Crippen molar-refractivity contribution >= 4 is 67.5 Å². The fourth-order valence-corrected chi connectivity index (χ4v) is 6.59. The van der Waals surface area contributed by atoms with Gasteiger partial charge >= 0.3 is 0 Å². The van der Waals surface area contributed by atoms with Crippen LogP contribution in [0.2, 0.25) is 0 Å². The van der Waals surface area contributed by atoms with Crippen LogP contribution in [0.3, 0.4) is 0 Å². The van der Waals surface area contributed by atoms with E-state index in [9.17, 15) is 0 Å². The molecule has 2 heterocycles. The van der Waals surface area contributed by atoms with Gasteiger partial charge in [-0.15, -0.1) is 0 Å². The van der Waals surface area contributed by atoms with Crippen LogP contribution in [0.25, 0.3) is 50.5 Å². The second-order valence-electron chi connectivity index (χ2n) is 8.90. The van der Waals surface area contributed by atoms with Gasteiger partial charge in [0.15, 0.2) is 0 Å². The zero-order valence-electron chi connectivity index (χ0n) is 20.2. The number of rotatable bonds is 7. The molecule has 0 fully saturated rings. The maximum Gasteiger partial charge on any atom is 0.0963 e. The first-order chi connectivity index (χ1) is 16.6. The maximum atomic E-state index is 4.16. The molecule has 0 N–H and O–H groups in total. The van der Waals surface area contributed by atoms with E-state index < -0.39 is 0 Å². The SMILES string of the molecule is C=Cc1c(/C=C\C)n(-c2cccc3c2c2ccccc2n3C(I)(CC)CCC)c2ccccc12. The van der Waals surface area contributed by atoms with Gasteiger partial charge in [0.05, 0.1) is 31.5 Å². The number of halogens is 1. The quantitative estimate of drug-likeness (QED) is 0.139. The number of nitrogens with zero attached hydrogens (tertiary/aromatic N) is 2. The zero-order chi connectivity index (χ0) is 23.9. The van der Waals surface area contributed by atoms with Gasteiger partial charge in [0.1, 0.15) is 0 Å². The highest BCUT2D eigenvalue weighted by atomic mass is 127. The molecule has 34 heavy (non-hydrogen) atoms. The van der Waals surface area contributed by atoms with Crippen molar-refractivity contribution < 1.29 is 0 Å². The third-order valence-corrected chi connectivity index (χ3v) is 8.76. The smallest absolute Gasteiger partial charge is 0.0963 e. The molecule has 0 bridgehead atoms. The molecule has 0 spiro atoms. The van der Waals surface area contributed by atoms with E-state index in [1.54, 1.807) is 0 Å². The Kier molecular flexibility index (Phi) is 6.15. The summed E-state index contributed by atoms with van der Waals surface area (Å²) in [6, 6.07) is 24.4. The zero-order valence-corrected chi connectivity index (χ0v) is 22.3. The van der Waals surface area contributed by atoms with E-state index in [-0.39, 0.29) is 3.55 Å². The molecule has 2 nitrogen and oxygen atoms in total. The molecule has 0 amide bonds. The topological polar surface area (TPSA) is 9.86 Å². The normalized spacial score (nSPS) is 13.9. The minimum absolute atomic E-state index is 0.0314. The van der Waals surface area contributed by atoms with Gasteiger partial charge in [0.2, 0.25) is 0 Å². The van der Waals surface area contributed by atoms with Crippen molar-refractivity contribution in [3.05, 3.63) is 90.6 Å². The summed E-state index contributed by atoms with van der Waals surface area (Å²) < 4.78 is 5.05. The molecule has 3 heteroatoms. The molecule has 5 rings (SSSR count). The molecule has 2 aromatic heterocycles. The van der Waals surface area contributed by atoms with Crippen molar-refractivity contribution in [3.8, 4) is 5.69 Å². The highest BCUT2D eigenvalue weighted by Gasteiger charge is 2.30. The number of para-hydroxylation sites is 2. The predicted octanol–water partition coefficient (Wildman–Crippen LogP) is 9.71. The summed E-state index contributed by atoms with van der Waals surface area (Å²) in [5.41, 5.74) is 7.39. The first-order valence-electron chi connectivity index (χ1n) is 12.2. The molecule has 5 aromatic rings. The van der Waals surface area contributed by atoms with Gasteiger partial charge in [0.25, 0.3) is 0 Å². The second kappa shape index (κ2) is 9.10. The Morgan fingerprint density at radius 3 is 2.24 bits per heavy atom. The minimum atomic E-state index is 0.0314. The van der Waals surface area contributed by atoms with Gasteiger partial charge in [-0.25, -0.2) is 0 Å². The lowest BCUT2D eigenvalue weighted by atomic mass is 10.1. The van der Waals surface area contributed by atoms with Crippen molar-refractivity contribution in [3.63, 3.8) is 0 Å². The summed E-state index contributed by atoms with van der Waals surface area (Å²) in [7, 11) is 0. The summed E-state index contributed by atoms with van der Waals surface area (Å²) in [6.45, 7) is 10.8. The number of hydrogen-bond acceptors (Lipinski definition) is 0. The lowest BCUT2D eigenvalue weighted by Crippen LogP contribution is -2.25. The number of benzene rings is 3. The molecule has 0 aliphatic heterocycles. The highest BCUT2D eigenvalue weighted by molar-refractivity contribution is 14.1. The van der Waals surface area contributed by atoms with Crippen molar-refractivity contribution in [2.75, 3.05) is 0 Å². The van der Waals surface area contributed by atoms with E-state index in [2.05, 4.69) is 138 Å². The van der Waals surface area contributed by atoms with E-state index in [1.165, 1.54) is 49.7 Å². The Morgan fingerprint density at radius 2 is 1.56 bits per heavy atom. The molecular weight excluding hydrogens is 527 g/mol. The van der Waals surface area contributed by atoms with Crippen molar-refractivity contribution in [1.29, 1.82) is 0 Å². The van der Waals surface area contributed by atoms with Gasteiger partial charge in [-0.1, -0.05) is 104 Å². The van der Waals surface area contributed by atoms with Gasteiger partial charge in [0, 0.05) is 21.7 Å². The Labute approximate surface area is 215 Å². The van der Waals surface area contributed by atoms with Crippen LogP contribution < -0.4 is 0 Å². The highest BCUT2D eigenvalue weighted by Crippen LogP contribution is 2.45. The molecule has 0 saturated heterocycles. The summed E-state index contributed by atoms with van der Waals surface area (Å²) in [6.07, 6.45) is 9.69. The molecular formula is C31H31IN2. The van der Waals surface area contributed by atoms with E-state index in [0.29, 0.717) is 0 Å². The molecule has 0 radical (unpaired) electrons. The third kappa shape index (κ3) is 3.36. The van der Waals surface area contributed by atoms with Crippen LogP contribution in [-0.4, -0.2) is 9.13 Å². The van der Waals surface area contributed by atoms with Crippen LogP contribution in [0, 0.1) is 0 Å². The monoisotopic (exact) mass is 558 g/mol. The summed E-state index contributed by atoms with van der Waals surface area (Å²) >= 11 is 2.70. The maximum absolute atomic E-state index is 4.16. The number of aromatic nitrogens is 2. The number of fused-ring (bicyclic) bond motifs is 4. The van der Waals surface area contributed by atoms with E-state index in [1.807, 2.05) is 6.08 Å². The first-order valence-corrected chi connectivity index (χ1v) is 13.3. The Morgan fingerprint density at radius 1 is 0.882 bits per heavy atom. The van der Waals surface area contributed by atoms with Crippen LogP contribution in [0.5, 0.6) is 0 Å². The Hall–Kier alpha value is -2.79. The van der Waals surface area contributed by atoms with E-state index in [0.717, 1.165) is 19.3 Å². The molecule has 1 atom stereocenters. The number of alkyl halides is 1. The number of allylic oxidation sites excluding steroid dienone is 1. The Bertz CT molecular complexity index is 1550. The molecule has 3 aromatic carbocycles. The lowest BCUT2D eigenvalue weighted by molar-refractivity contribution is 0.443. The molecule has 0 aliphatic rings. The fourth-order valence-electron chi connectivity index (χ4n) is 5.53. The second-order valence-corrected chi connectivity index (χ2v) is 10.9. The minimum Gasteiger partial charge on any atom is -0.325 e. The largest absolute Gasteiger partial charge is 0.325 e. The van der Waals surface area contributed by atoms with Crippen molar-refractivity contribution in [1.82, 2.24) is 9.13 Å². The van der Waals surface area contributed by atoms with E-state index in [4.69, 9.17) is 0 Å². The summed E-state index contributed by atoms with van der Waals surface area (Å²) in [5, 5.41) is 3.85. The molecule has 1 unspecified atom stereocenters. The average molecular weight is 559 g/mol. The van der Waals surface area contributed by atoms with Gasteiger partial charge < -0.3 is 9.13 Å². The first kappa shape index (κ1) is 23.0. The fraction of sp³-hybridized carbons (Fsp3) is 0.226. The average Bonchev–Trinajstić information content (AvgIpc) is 3.37. The van der Waals surface area contributed by atoms with Gasteiger partial charge in [-0.05, 0) is 50.1 Å². The summed E-state index contributed by atoms with van der Waals surface area (Å²) in [4.78, 5) is 0. The number of hydrogen-bond donors (Lipinski definition) is 0. The molecule has 172 valence electrons. The lowest BCUT2D eigenvalue weighted by Gasteiger charge is -2.30. The third-order valence-electron chi connectivity index (χ3n) is 6.97. The van der Waals surface area contributed by atoms with Crippen LogP contribution >= 0.6 is 22.6 Å². The van der Waals surface area contributed by atoms with Crippen LogP contribution in [-0.2, 0) is 3.55 Å². The van der Waals surface area contributed by atoms with Gasteiger partial charge in [-0.2, -0.15) is 0 Å². The van der Waals surface area contributed by atoms with Crippen molar-refractivity contribution in [2.24, 2.45) is 0 Å². The molecule has 0 saturated carbocycles. The molecule has 0 aliphatic carbocycles. The Balaban J connectivity index is 1.98. The predicted molar refractivity (Wildman–Crippen MR) is 158 cm³/mol. The standard InChI is InChI=1S/C31H31IN2/c1-5-14-25-22(7-3)23-15-9-11-17-26(23)33(25)28-19-13-20-29-30(28)24-16-10-12-18-27(24)34(29)31(32,8-4)21-6-2/h5,7,9-20H,3,6,8,21H2,1-2,4H3/b14-5-.